The highest BCUT2D eigenvalue weighted by atomic mass is 16.2. The molecule has 5 nitrogen and oxygen atoms in total. The lowest BCUT2D eigenvalue weighted by Crippen LogP contribution is -2.19. The van der Waals surface area contributed by atoms with Gasteiger partial charge in [-0.3, -0.25) is 9.48 Å². The van der Waals surface area contributed by atoms with E-state index in [-0.39, 0.29) is 5.91 Å². The van der Waals surface area contributed by atoms with Gasteiger partial charge in [0, 0.05) is 12.2 Å². The van der Waals surface area contributed by atoms with E-state index in [1.54, 1.807) is 4.68 Å². The van der Waals surface area contributed by atoms with Gasteiger partial charge in [0.1, 0.15) is 5.69 Å². The third-order valence-corrected chi connectivity index (χ3v) is 3.03. The zero-order valence-corrected chi connectivity index (χ0v) is 11.2. The van der Waals surface area contributed by atoms with Crippen molar-refractivity contribution in [1.29, 1.82) is 0 Å². The number of carbonyl (C=O) groups excluding carboxylic acids is 1. The molecule has 1 heterocycles. The number of nitrogens with two attached hydrogens (primary N) is 1. The van der Waals surface area contributed by atoms with Crippen LogP contribution in [-0.2, 0) is 13.0 Å². The first kappa shape index (κ1) is 13.1. The molecule has 1 amide bonds. The van der Waals surface area contributed by atoms with Crippen LogP contribution < -0.4 is 11.1 Å². The number of aromatic nitrogens is 2. The number of benzene rings is 1. The first-order valence-electron chi connectivity index (χ1n) is 6.37. The van der Waals surface area contributed by atoms with Gasteiger partial charge in [-0.25, -0.2) is 0 Å². The molecular weight excluding hydrogens is 240 g/mol. The van der Waals surface area contributed by atoms with E-state index in [4.69, 9.17) is 5.73 Å². The highest BCUT2D eigenvalue weighted by Crippen LogP contribution is 2.18. The minimum Gasteiger partial charge on any atom is -0.396 e. The maximum atomic E-state index is 12.3. The Morgan fingerprint density at radius 2 is 2.11 bits per heavy atom. The van der Waals surface area contributed by atoms with Crippen molar-refractivity contribution in [1.82, 2.24) is 9.78 Å². The summed E-state index contributed by atoms with van der Waals surface area (Å²) >= 11 is 0. The molecule has 3 N–H and O–H groups in total. The van der Waals surface area contributed by atoms with E-state index in [0.29, 0.717) is 17.9 Å². The molecule has 0 aliphatic rings. The SMILES string of the molecule is CCc1ccccc1NC(=O)c1c(N)cnn1CC. The Kier molecular flexibility index (Phi) is 3.85. The number of amides is 1. The van der Waals surface area contributed by atoms with Gasteiger partial charge in [-0.1, -0.05) is 25.1 Å². The molecule has 0 unspecified atom stereocenters. The summed E-state index contributed by atoms with van der Waals surface area (Å²) in [6.45, 7) is 4.58. The summed E-state index contributed by atoms with van der Waals surface area (Å²) in [7, 11) is 0. The van der Waals surface area contributed by atoms with E-state index in [1.807, 2.05) is 31.2 Å². The molecule has 0 aliphatic carbocycles. The molecular formula is C14H18N4O. The minimum absolute atomic E-state index is 0.224. The molecule has 1 aromatic heterocycles. The van der Waals surface area contributed by atoms with Crippen LogP contribution >= 0.6 is 0 Å². The summed E-state index contributed by atoms with van der Waals surface area (Å²) in [5.41, 5.74) is 8.52. The average Bonchev–Trinajstić information content (AvgIpc) is 2.80. The normalized spacial score (nSPS) is 10.4. The molecule has 0 saturated carbocycles. The highest BCUT2D eigenvalue weighted by molar-refractivity contribution is 6.06. The quantitative estimate of drug-likeness (QED) is 0.883. The highest BCUT2D eigenvalue weighted by Gasteiger charge is 2.16. The smallest absolute Gasteiger partial charge is 0.276 e. The third kappa shape index (κ3) is 2.59. The maximum Gasteiger partial charge on any atom is 0.276 e. The van der Waals surface area contributed by atoms with Crippen LogP contribution in [0.5, 0.6) is 0 Å². The lowest BCUT2D eigenvalue weighted by Gasteiger charge is -2.10. The van der Waals surface area contributed by atoms with E-state index in [0.717, 1.165) is 17.7 Å². The summed E-state index contributed by atoms with van der Waals surface area (Å²) in [5, 5.41) is 6.97. The Morgan fingerprint density at radius 1 is 1.37 bits per heavy atom. The van der Waals surface area contributed by atoms with Crippen LogP contribution in [0, 0.1) is 0 Å². The van der Waals surface area contributed by atoms with Crippen molar-refractivity contribution in [2.24, 2.45) is 0 Å². The Balaban J connectivity index is 2.28. The predicted molar refractivity (Wildman–Crippen MR) is 76.1 cm³/mol. The van der Waals surface area contributed by atoms with Crippen LogP contribution in [0.2, 0.25) is 0 Å². The first-order valence-corrected chi connectivity index (χ1v) is 6.37. The van der Waals surface area contributed by atoms with Crippen LogP contribution in [0.25, 0.3) is 0 Å². The van der Waals surface area contributed by atoms with Gasteiger partial charge in [-0.15, -0.1) is 0 Å². The second-order valence-electron chi connectivity index (χ2n) is 4.23. The van der Waals surface area contributed by atoms with Gasteiger partial charge in [-0.2, -0.15) is 5.10 Å². The molecule has 0 saturated heterocycles. The van der Waals surface area contributed by atoms with Crippen molar-refractivity contribution in [3.05, 3.63) is 41.7 Å². The summed E-state index contributed by atoms with van der Waals surface area (Å²) in [6.07, 6.45) is 2.36. The topological polar surface area (TPSA) is 72.9 Å². The molecule has 5 heteroatoms. The van der Waals surface area contributed by atoms with Gasteiger partial charge >= 0.3 is 0 Å². The van der Waals surface area contributed by atoms with Crippen molar-refractivity contribution in [2.45, 2.75) is 26.8 Å². The molecule has 0 aliphatic heterocycles. The lowest BCUT2D eigenvalue weighted by atomic mass is 10.1. The molecule has 2 rings (SSSR count). The number of hydrogen-bond acceptors (Lipinski definition) is 3. The van der Waals surface area contributed by atoms with Gasteiger partial charge in [0.05, 0.1) is 11.9 Å². The number of rotatable bonds is 4. The third-order valence-electron chi connectivity index (χ3n) is 3.03. The van der Waals surface area contributed by atoms with E-state index >= 15 is 0 Å². The number of hydrogen-bond donors (Lipinski definition) is 2. The largest absolute Gasteiger partial charge is 0.396 e. The van der Waals surface area contributed by atoms with Crippen LogP contribution in [0.1, 0.15) is 29.9 Å². The number of aryl methyl sites for hydroxylation is 2. The van der Waals surface area contributed by atoms with Gasteiger partial charge in [0.25, 0.3) is 5.91 Å². The van der Waals surface area contributed by atoms with Crippen LogP contribution in [-0.4, -0.2) is 15.7 Å². The van der Waals surface area contributed by atoms with Crippen molar-refractivity contribution < 1.29 is 4.79 Å². The second kappa shape index (κ2) is 5.56. The molecule has 1 aromatic carbocycles. The predicted octanol–water partition coefficient (Wildman–Crippen LogP) is 2.30. The van der Waals surface area contributed by atoms with Gasteiger partial charge in [-0.05, 0) is 25.0 Å². The Labute approximate surface area is 112 Å². The minimum atomic E-state index is -0.224. The summed E-state index contributed by atoms with van der Waals surface area (Å²) in [6, 6.07) is 7.74. The summed E-state index contributed by atoms with van der Waals surface area (Å²) in [4.78, 5) is 12.3. The molecule has 0 spiro atoms. The van der Waals surface area contributed by atoms with Crippen molar-refractivity contribution in [2.75, 3.05) is 11.1 Å². The Morgan fingerprint density at radius 3 is 2.79 bits per heavy atom. The fourth-order valence-electron chi connectivity index (χ4n) is 2.02. The van der Waals surface area contributed by atoms with Crippen molar-refractivity contribution >= 4 is 17.3 Å². The number of nitrogen functional groups attached to an aromatic ring is 1. The fraction of sp³-hybridized carbons (Fsp3) is 0.286. The number of nitrogens with one attached hydrogen (secondary N) is 1. The fourth-order valence-corrected chi connectivity index (χ4v) is 2.02. The zero-order valence-electron chi connectivity index (χ0n) is 11.2. The van der Waals surface area contributed by atoms with E-state index in [2.05, 4.69) is 17.3 Å². The van der Waals surface area contributed by atoms with Gasteiger partial charge in [0.2, 0.25) is 0 Å². The maximum absolute atomic E-state index is 12.3. The van der Waals surface area contributed by atoms with E-state index in [1.165, 1.54) is 6.20 Å². The monoisotopic (exact) mass is 258 g/mol. The molecule has 0 bridgehead atoms. The summed E-state index contributed by atoms with van der Waals surface area (Å²) < 4.78 is 1.60. The number of para-hydroxylation sites is 1. The molecule has 19 heavy (non-hydrogen) atoms. The second-order valence-corrected chi connectivity index (χ2v) is 4.23. The molecule has 0 atom stereocenters. The zero-order chi connectivity index (χ0) is 13.8. The molecule has 2 aromatic rings. The molecule has 0 fully saturated rings. The summed E-state index contributed by atoms with van der Waals surface area (Å²) in [5.74, 6) is -0.224. The molecule has 0 radical (unpaired) electrons. The van der Waals surface area contributed by atoms with Gasteiger partial charge < -0.3 is 11.1 Å². The van der Waals surface area contributed by atoms with Crippen LogP contribution in [0.3, 0.4) is 0 Å². The van der Waals surface area contributed by atoms with Crippen LogP contribution in [0.15, 0.2) is 30.5 Å². The average molecular weight is 258 g/mol. The number of nitrogens with zero attached hydrogens (tertiary/aromatic N) is 2. The van der Waals surface area contributed by atoms with Gasteiger partial charge in [0.15, 0.2) is 0 Å². The lowest BCUT2D eigenvalue weighted by molar-refractivity contribution is 0.101. The van der Waals surface area contributed by atoms with Crippen molar-refractivity contribution in [3.63, 3.8) is 0 Å². The standard InChI is InChI=1S/C14H18N4O/c1-3-10-7-5-6-8-12(10)17-14(19)13-11(15)9-16-18(13)4-2/h5-9H,3-4,15H2,1-2H3,(H,17,19). The number of anilines is 2. The first-order chi connectivity index (χ1) is 9.17. The Bertz CT molecular complexity index is 589. The Hall–Kier alpha value is -2.30. The number of carbonyl (C=O) groups is 1. The van der Waals surface area contributed by atoms with Crippen molar-refractivity contribution in [3.8, 4) is 0 Å². The molecule has 100 valence electrons. The van der Waals surface area contributed by atoms with E-state index < -0.39 is 0 Å². The van der Waals surface area contributed by atoms with Crippen LogP contribution in [0.4, 0.5) is 11.4 Å². The van der Waals surface area contributed by atoms with E-state index in [9.17, 15) is 4.79 Å².